The molecule has 3 aromatic rings. The van der Waals surface area contributed by atoms with Gasteiger partial charge in [-0.25, -0.2) is 0 Å². The van der Waals surface area contributed by atoms with Gasteiger partial charge in [0.2, 0.25) is 0 Å². The molecule has 2 heterocycles. The summed E-state index contributed by atoms with van der Waals surface area (Å²) in [7, 11) is 1.66. The lowest BCUT2D eigenvalue weighted by molar-refractivity contribution is 0.413. The van der Waals surface area contributed by atoms with Gasteiger partial charge in [0.15, 0.2) is 0 Å². The topological polar surface area (TPSA) is 33.5 Å². The fraction of sp³-hybridized carbons (Fsp3) is 0.375. The number of hydrazine groups is 1. The summed E-state index contributed by atoms with van der Waals surface area (Å²) in [4.78, 5) is 1.27. The lowest BCUT2D eigenvalue weighted by Crippen LogP contribution is -2.40. The minimum Gasteiger partial charge on any atom is -0.497 e. The van der Waals surface area contributed by atoms with E-state index in [1.807, 2.05) is 30.1 Å². The third kappa shape index (κ3) is 4.23. The number of aryl methyl sites for hydroxylation is 1. The number of ether oxygens (including phenoxy) is 1. The van der Waals surface area contributed by atoms with Gasteiger partial charge in [0.1, 0.15) is 5.75 Å². The number of benzene rings is 2. The number of thioether (sulfide) groups is 1. The lowest BCUT2D eigenvalue weighted by atomic mass is 10.1. The molecule has 0 radical (unpaired) electrons. The summed E-state index contributed by atoms with van der Waals surface area (Å²) in [5.74, 6) is 1.62. The Labute approximate surface area is 193 Å². The molecule has 0 amide bonds. The lowest BCUT2D eigenvalue weighted by Gasteiger charge is -2.37. The summed E-state index contributed by atoms with van der Waals surface area (Å²) in [6.07, 6.45) is 4.05. The average Bonchev–Trinajstić information content (AvgIpc) is 3.35. The highest BCUT2D eigenvalue weighted by Crippen LogP contribution is 2.43. The number of nitrogens with zero attached hydrogens (tertiary/aromatic N) is 4. The van der Waals surface area contributed by atoms with Crippen molar-refractivity contribution in [3.05, 3.63) is 58.1 Å². The molecule has 0 saturated heterocycles. The van der Waals surface area contributed by atoms with Crippen molar-refractivity contribution in [2.24, 2.45) is 0 Å². The van der Waals surface area contributed by atoms with Gasteiger partial charge in [0.25, 0.3) is 0 Å². The number of rotatable bonds is 8. The largest absolute Gasteiger partial charge is 0.497 e. The molecule has 164 valence electrons. The van der Waals surface area contributed by atoms with Gasteiger partial charge in [-0.15, -0.1) is 11.8 Å². The Bertz CT molecular complexity index is 1110. The Hall–Kier alpha value is -2.31. The van der Waals surface area contributed by atoms with Gasteiger partial charge in [-0.2, -0.15) is 5.10 Å². The summed E-state index contributed by atoms with van der Waals surface area (Å²) in [5.41, 5.74) is 4.54. The highest BCUT2D eigenvalue weighted by molar-refractivity contribution is 8.03. The van der Waals surface area contributed by atoms with Gasteiger partial charge in [0, 0.05) is 28.9 Å². The van der Waals surface area contributed by atoms with Gasteiger partial charge >= 0.3 is 0 Å². The molecule has 5 nitrogen and oxygen atoms in total. The molecule has 0 N–H and O–H groups in total. The van der Waals surface area contributed by atoms with Crippen molar-refractivity contribution in [1.82, 2.24) is 14.8 Å². The van der Waals surface area contributed by atoms with Crippen molar-refractivity contribution < 1.29 is 4.74 Å². The molecule has 4 rings (SSSR count). The van der Waals surface area contributed by atoms with E-state index in [0.717, 1.165) is 48.8 Å². The fourth-order valence-corrected chi connectivity index (χ4v) is 5.21. The van der Waals surface area contributed by atoms with Crippen molar-refractivity contribution in [3.8, 4) is 5.75 Å². The standard InChI is InChI=1S/C24H29ClN4OS/c1-5-11-27-23-13-19(8-7-18(23)15-26-27)28(12-6-2)29-16-31-17(3)24(29)21-10-9-20(30-4)14-22(21)25/h7-10,13-15H,5-6,11-12,16H2,1-4H3. The van der Waals surface area contributed by atoms with Gasteiger partial charge in [-0.3, -0.25) is 14.7 Å². The average molecular weight is 457 g/mol. The van der Waals surface area contributed by atoms with Crippen molar-refractivity contribution >= 4 is 45.7 Å². The van der Waals surface area contributed by atoms with E-state index in [9.17, 15) is 0 Å². The van der Waals surface area contributed by atoms with Crippen molar-refractivity contribution in [2.75, 3.05) is 24.5 Å². The maximum absolute atomic E-state index is 6.69. The van der Waals surface area contributed by atoms with Crippen LogP contribution in [0.25, 0.3) is 16.6 Å². The number of anilines is 1. The Balaban J connectivity index is 1.76. The number of allylic oxidation sites excluding steroid dienone is 1. The normalized spacial score (nSPS) is 14.0. The minimum atomic E-state index is 0.703. The Morgan fingerprint density at radius 2 is 2.00 bits per heavy atom. The van der Waals surface area contributed by atoms with Crippen LogP contribution in [0.15, 0.2) is 47.5 Å². The van der Waals surface area contributed by atoms with E-state index in [2.05, 4.69) is 64.8 Å². The summed E-state index contributed by atoms with van der Waals surface area (Å²) in [5, 5.41) is 11.2. The SMILES string of the molecule is CCCN(c1ccc2cnn(CCC)c2c1)N1CSC(C)=C1c1ccc(OC)cc1Cl. The first-order valence-electron chi connectivity index (χ1n) is 10.8. The van der Waals surface area contributed by atoms with Crippen LogP contribution < -0.4 is 9.75 Å². The molecule has 1 aliphatic heterocycles. The molecule has 1 aliphatic rings. The highest BCUT2D eigenvalue weighted by Gasteiger charge is 2.29. The summed E-state index contributed by atoms with van der Waals surface area (Å²) >= 11 is 8.53. The Morgan fingerprint density at radius 3 is 2.71 bits per heavy atom. The van der Waals surface area contributed by atoms with E-state index in [4.69, 9.17) is 16.3 Å². The molecule has 7 heteroatoms. The van der Waals surface area contributed by atoms with Crippen LogP contribution in [0.5, 0.6) is 5.75 Å². The Kier molecular flexibility index (Phi) is 6.68. The number of hydrogen-bond donors (Lipinski definition) is 0. The van der Waals surface area contributed by atoms with Crippen LogP contribution in [-0.2, 0) is 6.54 Å². The number of aromatic nitrogens is 2. The molecule has 0 atom stereocenters. The van der Waals surface area contributed by atoms with Crippen LogP contribution in [0.4, 0.5) is 5.69 Å². The quantitative estimate of drug-likeness (QED) is 0.379. The summed E-state index contributed by atoms with van der Waals surface area (Å²) in [6.45, 7) is 8.40. The van der Waals surface area contributed by atoms with Crippen LogP contribution in [0.2, 0.25) is 5.02 Å². The molecule has 0 unspecified atom stereocenters. The van der Waals surface area contributed by atoms with Crippen LogP contribution in [0, 0.1) is 0 Å². The van der Waals surface area contributed by atoms with E-state index in [1.165, 1.54) is 21.5 Å². The molecule has 0 aliphatic carbocycles. The van der Waals surface area contributed by atoms with Gasteiger partial charge in [0.05, 0.1) is 41.1 Å². The number of methoxy groups -OCH3 is 1. The van der Waals surface area contributed by atoms with Crippen molar-refractivity contribution in [3.63, 3.8) is 0 Å². The van der Waals surface area contributed by atoms with E-state index >= 15 is 0 Å². The van der Waals surface area contributed by atoms with E-state index in [1.54, 1.807) is 7.11 Å². The van der Waals surface area contributed by atoms with E-state index in [-0.39, 0.29) is 0 Å². The van der Waals surface area contributed by atoms with Crippen molar-refractivity contribution in [1.29, 1.82) is 0 Å². The second kappa shape index (κ2) is 9.45. The molecular weight excluding hydrogens is 428 g/mol. The molecule has 0 bridgehead atoms. The number of halogens is 1. The molecular formula is C24H29ClN4OS. The van der Waals surface area contributed by atoms with Crippen molar-refractivity contribution in [2.45, 2.75) is 40.2 Å². The third-order valence-electron chi connectivity index (χ3n) is 5.51. The van der Waals surface area contributed by atoms with Gasteiger partial charge in [-0.1, -0.05) is 25.4 Å². The predicted molar refractivity (Wildman–Crippen MR) is 133 cm³/mol. The zero-order valence-corrected chi connectivity index (χ0v) is 20.1. The first-order chi connectivity index (χ1) is 15.1. The van der Waals surface area contributed by atoms with Crippen LogP contribution in [0.1, 0.15) is 39.2 Å². The van der Waals surface area contributed by atoms with E-state index < -0.39 is 0 Å². The monoisotopic (exact) mass is 456 g/mol. The van der Waals surface area contributed by atoms with Crippen LogP contribution in [-0.4, -0.2) is 34.3 Å². The number of hydrogen-bond acceptors (Lipinski definition) is 5. The smallest absolute Gasteiger partial charge is 0.120 e. The summed E-state index contributed by atoms with van der Waals surface area (Å²) in [6, 6.07) is 12.6. The fourth-order valence-electron chi connectivity index (χ4n) is 4.02. The van der Waals surface area contributed by atoms with Gasteiger partial charge in [-0.05, 0) is 56.2 Å². The molecule has 2 aromatic carbocycles. The second-order valence-electron chi connectivity index (χ2n) is 7.66. The molecule has 1 aromatic heterocycles. The first-order valence-corrected chi connectivity index (χ1v) is 12.1. The zero-order valence-electron chi connectivity index (χ0n) is 18.6. The Morgan fingerprint density at radius 1 is 1.16 bits per heavy atom. The maximum Gasteiger partial charge on any atom is 0.120 e. The summed E-state index contributed by atoms with van der Waals surface area (Å²) < 4.78 is 7.45. The highest BCUT2D eigenvalue weighted by atomic mass is 35.5. The van der Waals surface area contributed by atoms with E-state index in [0.29, 0.717) is 5.02 Å². The third-order valence-corrected chi connectivity index (χ3v) is 6.83. The maximum atomic E-state index is 6.69. The van der Waals surface area contributed by atoms with Crippen LogP contribution in [0.3, 0.4) is 0 Å². The number of fused-ring (bicyclic) bond motifs is 1. The second-order valence-corrected chi connectivity index (χ2v) is 9.22. The zero-order chi connectivity index (χ0) is 22.0. The van der Waals surface area contributed by atoms with Crippen LogP contribution >= 0.6 is 23.4 Å². The first kappa shape index (κ1) is 21.9. The molecule has 31 heavy (non-hydrogen) atoms. The molecule has 0 saturated carbocycles. The molecule has 0 spiro atoms. The predicted octanol–water partition coefficient (Wildman–Crippen LogP) is 6.63. The minimum absolute atomic E-state index is 0.703. The van der Waals surface area contributed by atoms with Gasteiger partial charge < -0.3 is 4.74 Å². The molecule has 0 fully saturated rings.